The lowest BCUT2D eigenvalue weighted by Gasteiger charge is -2.05. The van der Waals surface area contributed by atoms with Gasteiger partial charge in [-0.1, -0.05) is 11.6 Å². The summed E-state index contributed by atoms with van der Waals surface area (Å²) in [4.78, 5) is 34.2. The van der Waals surface area contributed by atoms with E-state index in [9.17, 15) is 14.4 Å². The Morgan fingerprint density at radius 1 is 1.25 bits per heavy atom. The number of imide groups is 1. The number of thioether (sulfide) groups is 1. The van der Waals surface area contributed by atoms with E-state index in [1.165, 1.54) is 18.8 Å². The van der Waals surface area contributed by atoms with E-state index in [1.807, 2.05) is 5.32 Å². The summed E-state index contributed by atoms with van der Waals surface area (Å²) in [6.45, 7) is -0.493. The van der Waals surface area contributed by atoms with E-state index in [4.69, 9.17) is 16.3 Å². The molecule has 2 N–H and O–H groups in total. The lowest BCUT2D eigenvalue weighted by Crippen LogP contribution is -2.39. The number of ether oxygens (including phenoxy) is 1. The highest BCUT2D eigenvalue weighted by molar-refractivity contribution is 8.00. The quantitative estimate of drug-likeness (QED) is 0.634. The van der Waals surface area contributed by atoms with Crippen LogP contribution in [0.25, 0.3) is 0 Å². The number of halogens is 1. The third kappa shape index (κ3) is 6.44. The molecular weight excluding hydrogens is 304 g/mol. The first-order valence-corrected chi connectivity index (χ1v) is 6.93. The topological polar surface area (TPSA) is 84.5 Å². The Morgan fingerprint density at radius 3 is 2.50 bits per heavy atom. The van der Waals surface area contributed by atoms with E-state index in [-0.39, 0.29) is 5.75 Å². The van der Waals surface area contributed by atoms with Crippen molar-refractivity contribution < 1.29 is 19.1 Å². The standard InChI is InChI=1S/C12H13ClN2O4S/c1-14-12(18)15-10(16)6-19-11(17)7-20-9-4-2-8(13)3-5-9/h2-5H,6-7H2,1H3,(H2,14,15,16,18). The Balaban J connectivity index is 2.25. The van der Waals surface area contributed by atoms with Gasteiger partial charge in [-0.2, -0.15) is 0 Å². The molecule has 0 saturated carbocycles. The molecule has 0 saturated heterocycles. The molecular formula is C12H13ClN2O4S. The summed E-state index contributed by atoms with van der Waals surface area (Å²) < 4.78 is 4.72. The van der Waals surface area contributed by atoms with Crippen molar-refractivity contribution in [1.82, 2.24) is 10.6 Å². The van der Waals surface area contributed by atoms with Crippen LogP contribution >= 0.6 is 23.4 Å². The molecule has 0 aromatic heterocycles. The number of rotatable bonds is 5. The number of carbonyl (C=O) groups excluding carboxylic acids is 3. The van der Waals surface area contributed by atoms with Crippen molar-refractivity contribution in [2.24, 2.45) is 0 Å². The Kier molecular flexibility index (Phi) is 6.89. The minimum atomic E-state index is -0.686. The third-order valence-electron chi connectivity index (χ3n) is 2.01. The summed E-state index contributed by atoms with van der Waals surface area (Å²) in [6, 6.07) is 6.33. The van der Waals surface area contributed by atoms with Crippen molar-refractivity contribution in [3.8, 4) is 0 Å². The highest BCUT2D eigenvalue weighted by Crippen LogP contribution is 2.20. The van der Waals surface area contributed by atoms with Crippen molar-refractivity contribution in [2.45, 2.75) is 4.90 Å². The molecule has 0 fully saturated rings. The lowest BCUT2D eigenvalue weighted by molar-refractivity contribution is -0.145. The maximum Gasteiger partial charge on any atom is 0.321 e. The van der Waals surface area contributed by atoms with E-state index in [2.05, 4.69) is 5.32 Å². The fourth-order valence-corrected chi connectivity index (χ4v) is 1.91. The first-order valence-electron chi connectivity index (χ1n) is 5.57. The van der Waals surface area contributed by atoms with E-state index in [1.54, 1.807) is 24.3 Å². The summed E-state index contributed by atoms with van der Waals surface area (Å²) in [6.07, 6.45) is 0. The van der Waals surface area contributed by atoms with Crippen LogP contribution in [0, 0.1) is 0 Å². The van der Waals surface area contributed by atoms with Crippen LogP contribution in [0.5, 0.6) is 0 Å². The maximum atomic E-state index is 11.4. The minimum Gasteiger partial charge on any atom is -0.455 e. The van der Waals surface area contributed by atoms with Crippen molar-refractivity contribution in [3.63, 3.8) is 0 Å². The zero-order valence-electron chi connectivity index (χ0n) is 10.6. The molecule has 1 aromatic rings. The van der Waals surface area contributed by atoms with Crippen molar-refractivity contribution >= 4 is 41.3 Å². The molecule has 1 aromatic carbocycles. The molecule has 0 aliphatic carbocycles. The normalized spacial score (nSPS) is 9.70. The molecule has 0 radical (unpaired) electrons. The molecule has 8 heteroatoms. The fourth-order valence-electron chi connectivity index (χ4n) is 1.09. The van der Waals surface area contributed by atoms with E-state index in [0.717, 1.165) is 4.90 Å². The molecule has 0 aliphatic rings. The van der Waals surface area contributed by atoms with Crippen LogP contribution in [0.2, 0.25) is 5.02 Å². The predicted octanol–water partition coefficient (Wildman–Crippen LogP) is 1.43. The molecule has 0 heterocycles. The van der Waals surface area contributed by atoms with Gasteiger partial charge in [0.25, 0.3) is 5.91 Å². The molecule has 3 amide bonds. The molecule has 0 spiro atoms. The number of hydrogen-bond donors (Lipinski definition) is 2. The van der Waals surface area contributed by atoms with E-state index in [0.29, 0.717) is 5.02 Å². The average Bonchev–Trinajstić information content (AvgIpc) is 2.44. The first kappa shape index (κ1) is 16.3. The van der Waals surface area contributed by atoms with Gasteiger partial charge in [0.1, 0.15) is 0 Å². The van der Waals surface area contributed by atoms with Gasteiger partial charge in [-0.05, 0) is 24.3 Å². The summed E-state index contributed by atoms with van der Waals surface area (Å²) in [5, 5.41) is 4.80. The molecule has 6 nitrogen and oxygen atoms in total. The summed E-state index contributed by atoms with van der Waals surface area (Å²) in [7, 11) is 1.37. The second-order valence-electron chi connectivity index (χ2n) is 3.53. The number of hydrogen-bond acceptors (Lipinski definition) is 5. The summed E-state index contributed by atoms with van der Waals surface area (Å²) in [5.74, 6) is -1.17. The number of esters is 1. The van der Waals surface area contributed by atoms with Gasteiger partial charge in [0.05, 0.1) is 5.75 Å². The van der Waals surface area contributed by atoms with Gasteiger partial charge in [-0.3, -0.25) is 14.9 Å². The van der Waals surface area contributed by atoms with Gasteiger partial charge in [0.15, 0.2) is 6.61 Å². The smallest absolute Gasteiger partial charge is 0.321 e. The van der Waals surface area contributed by atoms with Crippen LogP contribution in [0.3, 0.4) is 0 Å². The molecule has 0 aliphatic heterocycles. The Hall–Kier alpha value is -1.73. The fraction of sp³-hybridized carbons (Fsp3) is 0.250. The van der Waals surface area contributed by atoms with Gasteiger partial charge in [-0.25, -0.2) is 4.79 Å². The summed E-state index contributed by atoms with van der Waals surface area (Å²) >= 11 is 7.00. The van der Waals surface area contributed by atoms with Crippen molar-refractivity contribution in [2.75, 3.05) is 19.4 Å². The predicted molar refractivity (Wildman–Crippen MR) is 75.7 cm³/mol. The van der Waals surface area contributed by atoms with Crippen LogP contribution in [0.1, 0.15) is 0 Å². The molecule has 0 unspecified atom stereocenters. The summed E-state index contributed by atoms with van der Waals surface area (Å²) in [5.41, 5.74) is 0. The van der Waals surface area contributed by atoms with Crippen LogP contribution < -0.4 is 10.6 Å². The third-order valence-corrected chi connectivity index (χ3v) is 3.25. The lowest BCUT2D eigenvalue weighted by atomic mass is 10.4. The van der Waals surface area contributed by atoms with Crippen LogP contribution in [0.15, 0.2) is 29.2 Å². The number of urea groups is 1. The number of benzene rings is 1. The van der Waals surface area contributed by atoms with Crippen molar-refractivity contribution in [3.05, 3.63) is 29.3 Å². The second-order valence-corrected chi connectivity index (χ2v) is 5.02. The zero-order valence-corrected chi connectivity index (χ0v) is 12.2. The molecule has 108 valence electrons. The largest absolute Gasteiger partial charge is 0.455 e. The van der Waals surface area contributed by atoms with Gasteiger partial charge in [0.2, 0.25) is 0 Å². The number of amides is 3. The van der Waals surface area contributed by atoms with Gasteiger partial charge >= 0.3 is 12.0 Å². The molecule has 20 heavy (non-hydrogen) atoms. The highest BCUT2D eigenvalue weighted by atomic mass is 35.5. The Labute approximate surface area is 125 Å². The minimum absolute atomic E-state index is 0.0644. The Bertz CT molecular complexity index is 493. The van der Waals surface area contributed by atoms with Gasteiger partial charge in [-0.15, -0.1) is 11.8 Å². The van der Waals surface area contributed by atoms with Gasteiger partial charge in [0, 0.05) is 17.0 Å². The molecule has 0 atom stereocenters. The van der Waals surface area contributed by atoms with Crippen molar-refractivity contribution in [1.29, 1.82) is 0 Å². The van der Waals surface area contributed by atoms with Crippen LogP contribution in [0.4, 0.5) is 4.79 Å². The van der Waals surface area contributed by atoms with Crippen LogP contribution in [-0.4, -0.2) is 37.3 Å². The monoisotopic (exact) mass is 316 g/mol. The highest BCUT2D eigenvalue weighted by Gasteiger charge is 2.10. The van der Waals surface area contributed by atoms with Crippen LogP contribution in [-0.2, 0) is 14.3 Å². The maximum absolute atomic E-state index is 11.4. The number of nitrogens with one attached hydrogen (secondary N) is 2. The number of carbonyl (C=O) groups is 3. The Morgan fingerprint density at radius 2 is 1.90 bits per heavy atom. The van der Waals surface area contributed by atoms with Gasteiger partial charge < -0.3 is 10.1 Å². The molecule has 0 bridgehead atoms. The molecule has 1 rings (SSSR count). The zero-order chi connectivity index (χ0) is 15.0. The SMILES string of the molecule is CNC(=O)NC(=O)COC(=O)CSc1ccc(Cl)cc1. The second kappa shape index (κ2) is 8.44. The average molecular weight is 317 g/mol. The van der Waals surface area contributed by atoms with E-state index >= 15 is 0 Å². The van der Waals surface area contributed by atoms with E-state index < -0.39 is 24.5 Å². The first-order chi connectivity index (χ1) is 9.51.